The first-order chi connectivity index (χ1) is 40.4. The molecule has 0 aromatic heterocycles. The number of nitrogens with two attached hydrogens (primary N) is 5. The summed E-state index contributed by atoms with van der Waals surface area (Å²) in [5.41, 5.74) is 30.1. The van der Waals surface area contributed by atoms with E-state index in [1.54, 1.807) is 56.3 Å². The molecule has 1 aliphatic rings. The highest BCUT2D eigenvalue weighted by Gasteiger charge is 2.37. The molecule has 4 unspecified atom stereocenters. The van der Waals surface area contributed by atoms with Crippen molar-refractivity contribution in [2.75, 3.05) is 44.6 Å². The van der Waals surface area contributed by atoms with E-state index in [9.17, 15) is 63.0 Å². The van der Waals surface area contributed by atoms with Gasteiger partial charge in [-0.25, -0.2) is 4.79 Å². The zero-order valence-corrected chi connectivity index (χ0v) is 49.0. The van der Waals surface area contributed by atoms with E-state index >= 15 is 0 Å². The molecule has 1 saturated heterocycles. The van der Waals surface area contributed by atoms with Crippen LogP contribution in [0.2, 0.25) is 5.02 Å². The van der Waals surface area contributed by atoms with Gasteiger partial charge in [0.15, 0.2) is 0 Å². The van der Waals surface area contributed by atoms with E-state index in [1.165, 1.54) is 26.0 Å². The van der Waals surface area contributed by atoms with Crippen LogP contribution in [0.4, 0.5) is 10.5 Å². The highest BCUT2D eigenvalue weighted by atomic mass is 35.5. The van der Waals surface area contributed by atoms with Gasteiger partial charge < -0.3 is 103 Å². The van der Waals surface area contributed by atoms with Gasteiger partial charge in [0.05, 0.1) is 22.9 Å². The number of anilines is 1. The Balaban J connectivity index is 2.08. The van der Waals surface area contributed by atoms with Crippen molar-refractivity contribution < 1.29 is 63.0 Å². The molecular formula is C54H86ClN17O13. The second-order valence-corrected chi connectivity index (χ2v) is 21.2. The fourth-order valence-corrected chi connectivity index (χ4v) is 8.93. The molecule has 0 radical (unpaired) electrons. The molecule has 472 valence electrons. The number of hydrogen-bond donors (Lipinski definition) is 19. The number of rotatable bonds is 24. The van der Waals surface area contributed by atoms with Crippen LogP contribution in [0.5, 0.6) is 0 Å². The molecule has 2 aromatic carbocycles. The molecule has 0 saturated carbocycles. The Morgan fingerprint density at radius 2 is 1.05 bits per heavy atom. The van der Waals surface area contributed by atoms with Crippen molar-refractivity contribution in [2.24, 2.45) is 34.6 Å². The molecule has 0 aliphatic carbocycles. The number of halogens is 1. The lowest BCUT2D eigenvalue weighted by Crippen LogP contribution is -2.62. The van der Waals surface area contributed by atoms with Crippen LogP contribution in [0.1, 0.15) is 78.2 Å². The maximum absolute atomic E-state index is 14.5. The van der Waals surface area contributed by atoms with Crippen molar-refractivity contribution in [3.63, 3.8) is 0 Å². The number of amides is 12. The summed E-state index contributed by atoms with van der Waals surface area (Å²) in [6.45, 7) is 4.59. The minimum absolute atomic E-state index is 0.0369. The SMILES string of the molecule is CC(C)C[C@@H]1NC(=O)[C@@H](Cc2ccccc2)NC(=O)[C@H](CCN)NC(=O)C(NC(=O)[C@H](CCN)NC(=O)[C@@H](NC(=O)[C@H](CCN)NC(=O)Nc2ccccc2Cl)C(C)O)CCNC(=O)[C@H](C(C)O)NC(=O)[C@H](CCN)NC(=O)C(CCN)NC1=O. The van der Waals surface area contributed by atoms with Gasteiger partial charge in [0, 0.05) is 13.0 Å². The summed E-state index contributed by atoms with van der Waals surface area (Å²) in [5.74, 6) is -9.81. The number of benzene rings is 2. The highest BCUT2D eigenvalue weighted by Crippen LogP contribution is 2.20. The van der Waals surface area contributed by atoms with Crippen molar-refractivity contribution in [3.8, 4) is 0 Å². The van der Waals surface area contributed by atoms with Gasteiger partial charge in [-0.05, 0) is 115 Å². The summed E-state index contributed by atoms with van der Waals surface area (Å²) in [5, 5.41) is 52.0. The maximum Gasteiger partial charge on any atom is 0.319 e. The molecule has 0 bridgehead atoms. The first-order valence-electron chi connectivity index (χ1n) is 28.1. The van der Waals surface area contributed by atoms with Crippen LogP contribution in [0.3, 0.4) is 0 Å². The van der Waals surface area contributed by atoms with Crippen molar-refractivity contribution in [1.82, 2.24) is 58.5 Å². The smallest absolute Gasteiger partial charge is 0.319 e. The molecule has 1 aliphatic heterocycles. The fourth-order valence-electron chi connectivity index (χ4n) is 8.75. The minimum atomic E-state index is -1.77. The van der Waals surface area contributed by atoms with Gasteiger partial charge in [-0.15, -0.1) is 0 Å². The number of para-hydroxylation sites is 1. The lowest BCUT2D eigenvalue weighted by atomic mass is 10.00. The molecule has 24 N–H and O–H groups in total. The average Bonchev–Trinajstić information content (AvgIpc) is 3.57. The number of nitrogens with one attached hydrogen (secondary N) is 12. The summed E-state index contributed by atoms with van der Waals surface area (Å²) in [4.78, 5) is 154. The molecule has 30 nitrogen and oxygen atoms in total. The Morgan fingerprint density at radius 1 is 0.565 bits per heavy atom. The number of carbonyl (C=O) groups is 11. The van der Waals surface area contributed by atoms with E-state index in [0.29, 0.717) is 5.56 Å². The highest BCUT2D eigenvalue weighted by molar-refractivity contribution is 6.33. The van der Waals surface area contributed by atoms with Gasteiger partial charge in [-0.2, -0.15) is 0 Å². The Morgan fingerprint density at radius 3 is 1.56 bits per heavy atom. The Hall–Kier alpha value is -7.58. The molecule has 12 amide bonds. The Bertz CT molecular complexity index is 2570. The van der Waals surface area contributed by atoms with Crippen LogP contribution < -0.4 is 92.5 Å². The maximum atomic E-state index is 14.5. The van der Waals surface area contributed by atoms with Crippen molar-refractivity contribution in [2.45, 2.75) is 152 Å². The molecule has 31 heteroatoms. The van der Waals surface area contributed by atoms with Crippen LogP contribution in [0, 0.1) is 5.92 Å². The Kier molecular flexibility index (Phi) is 31.2. The number of aliphatic hydroxyl groups excluding tert-OH is 2. The molecule has 3 rings (SSSR count). The van der Waals surface area contributed by atoms with Gasteiger partial charge in [0.1, 0.15) is 60.4 Å². The molecule has 1 fully saturated rings. The van der Waals surface area contributed by atoms with E-state index in [1.807, 2.05) is 0 Å². The molecule has 85 heavy (non-hydrogen) atoms. The van der Waals surface area contributed by atoms with E-state index in [2.05, 4.69) is 63.8 Å². The summed E-state index contributed by atoms with van der Waals surface area (Å²) >= 11 is 6.16. The van der Waals surface area contributed by atoms with Crippen molar-refractivity contribution in [3.05, 3.63) is 65.2 Å². The summed E-state index contributed by atoms with van der Waals surface area (Å²) in [7, 11) is 0. The van der Waals surface area contributed by atoms with Gasteiger partial charge in [-0.1, -0.05) is 67.9 Å². The lowest BCUT2D eigenvalue weighted by Gasteiger charge is -2.29. The first-order valence-corrected chi connectivity index (χ1v) is 28.5. The van der Waals surface area contributed by atoms with Crippen LogP contribution in [0.25, 0.3) is 0 Å². The molecule has 1 heterocycles. The quantitative estimate of drug-likeness (QED) is 0.0466. The summed E-state index contributed by atoms with van der Waals surface area (Å²) < 4.78 is 0. The summed E-state index contributed by atoms with van der Waals surface area (Å²) in [6, 6.07) is -1.22. The minimum Gasteiger partial charge on any atom is -0.391 e. The second-order valence-electron chi connectivity index (χ2n) is 20.8. The largest absolute Gasteiger partial charge is 0.391 e. The fraction of sp³-hybridized carbons (Fsp3) is 0.574. The molecule has 2 aromatic rings. The third-order valence-corrected chi connectivity index (χ3v) is 13.6. The van der Waals surface area contributed by atoms with E-state index in [-0.39, 0.29) is 94.3 Å². The van der Waals surface area contributed by atoms with Gasteiger partial charge in [-0.3, -0.25) is 47.9 Å². The Labute approximate surface area is 498 Å². The van der Waals surface area contributed by atoms with Gasteiger partial charge in [0.25, 0.3) is 0 Å². The number of urea groups is 1. The normalized spacial score (nSPS) is 22.4. The third-order valence-electron chi connectivity index (χ3n) is 13.3. The predicted molar refractivity (Wildman–Crippen MR) is 314 cm³/mol. The van der Waals surface area contributed by atoms with E-state index in [4.69, 9.17) is 40.3 Å². The van der Waals surface area contributed by atoms with Crippen LogP contribution in [-0.2, 0) is 54.4 Å². The van der Waals surface area contributed by atoms with E-state index < -0.39 is 151 Å². The lowest BCUT2D eigenvalue weighted by molar-refractivity contribution is -0.136. The van der Waals surface area contributed by atoms with Gasteiger partial charge in [0.2, 0.25) is 59.1 Å². The van der Waals surface area contributed by atoms with Crippen LogP contribution in [-0.4, -0.2) is 187 Å². The second kappa shape index (κ2) is 37.0. The first kappa shape index (κ1) is 71.7. The monoisotopic (exact) mass is 1220 g/mol. The zero-order valence-electron chi connectivity index (χ0n) is 48.3. The molecule has 12 atom stereocenters. The van der Waals surface area contributed by atoms with Crippen LogP contribution in [0.15, 0.2) is 54.6 Å². The van der Waals surface area contributed by atoms with E-state index in [0.717, 1.165) is 0 Å². The summed E-state index contributed by atoms with van der Waals surface area (Å²) in [6.07, 6.45) is -4.78. The average molecular weight is 1220 g/mol. The van der Waals surface area contributed by atoms with Crippen LogP contribution >= 0.6 is 11.6 Å². The topological polar surface area (TPSA) is 503 Å². The standard InChI is InChI=1S/C54H86ClN17O13/c1-28(2)26-40-50(81)64-34(14-20-56)44(75)63-37(17-23-59)48(79)71-42(29(3)73)52(83)61-25-19-39(47(78)62-35(15-21-57)46(77)68-41(51(82)67-40)27-31-10-6-5-7-11-31)65-45(76)36(16-22-58)66-53(84)43(30(4)74)72-49(80)38(18-24-60)70-54(85)69-33-13-9-8-12-32(33)55/h5-13,28-30,34-43,73-74H,14-27,56-60H2,1-4H3,(H,61,83)(H,62,78)(H,63,75)(H,64,81)(H,65,76)(H,66,84)(H,67,82)(H,68,77)(H,71,79)(H,72,80)(H2,69,70,85)/t29?,30?,34?,35-,36-,37-,38-,39?,40-,41+,42-,43-/m0/s1. The van der Waals surface area contributed by atoms with Gasteiger partial charge >= 0.3 is 6.03 Å². The number of hydrogen-bond acceptors (Lipinski definition) is 18. The van der Waals surface area contributed by atoms with Crippen molar-refractivity contribution in [1.29, 1.82) is 0 Å². The molecular weight excluding hydrogens is 1130 g/mol. The van der Waals surface area contributed by atoms with Crippen molar-refractivity contribution >= 4 is 82.4 Å². The number of carbonyl (C=O) groups excluding carboxylic acids is 11. The number of aliphatic hydroxyl groups is 2. The zero-order chi connectivity index (χ0) is 63.3. The third kappa shape index (κ3) is 24.1. The predicted octanol–water partition coefficient (Wildman–Crippen LogP) is -5.49. The molecule has 0 spiro atoms.